The molecule has 0 spiro atoms. The largest absolute Gasteiger partial charge is 0.482 e. The number of hydrogen-bond acceptors (Lipinski definition) is 4. The molecule has 1 fully saturated rings. The van der Waals surface area contributed by atoms with Crippen molar-refractivity contribution >= 4 is 11.8 Å². The maximum Gasteiger partial charge on any atom is 0.344 e. The molecule has 0 aliphatic heterocycles. The van der Waals surface area contributed by atoms with Gasteiger partial charge in [0, 0.05) is 5.56 Å². The van der Waals surface area contributed by atoms with Gasteiger partial charge in [0.05, 0.1) is 0 Å². The minimum Gasteiger partial charge on any atom is -0.482 e. The van der Waals surface area contributed by atoms with Gasteiger partial charge in [-0.1, -0.05) is 6.42 Å². The summed E-state index contributed by atoms with van der Waals surface area (Å²) < 4.78 is 10.7. The smallest absolute Gasteiger partial charge is 0.344 e. The maximum atomic E-state index is 11.7. The Morgan fingerprint density at radius 2 is 1.75 bits per heavy atom. The van der Waals surface area contributed by atoms with Gasteiger partial charge in [-0.25, -0.2) is 4.79 Å². The van der Waals surface area contributed by atoms with Gasteiger partial charge in [0.2, 0.25) is 0 Å². The normalized spacial score (nSPS) is 15.7. The Labute approximate surface area is 119 Å². The molecule has 4 nitrogen and oxygen atoms in total. The number of carbonyl (C=O) groups is 2. The summed E-state index contributed by atoms with van der Waals surface area (Å²) in [6, 6.07) is 6.74. The van der Waals surface area contributed by atoms with Gasteiger partial charge in [-0.15, -0.1) is 0 Å². The molecule has 108 valence electrons. The summed E-state index contributed by atoms with van der Waals surface area (Å²) in [7, 11) is 0. The van der Waals surface area contributed by atoms with Crippen LogP contribution < -0.4 is 4.74 Å². The van der Waals surface area contributed by atoms with Crippen molar-refractivity contribution in [1.29, 1.82) is 0 Å². The summed E-state index contributed by atoms with van der Waals surface area (Å²) in [5.74, 6) is 0.247. The molecule has 1 aromatic carbocycles. The van der Waals surface area contributed by atoms with E-state index in [0.29, 0.717) is 11.3 Å². The number of Topliss-reactive ketones (excluding diaryl/α,β-unsaturated/α-hetero) is 1. The molecule has 1 aromatic rings. The van der Waals surface area contributed by atoms with Crippen molar-refractivity contribution in [1.82, 2.24) is 0 Å². The second kappa shape index (κ2) is 7.08. The van der Waals surface area contributed by atoms with E-state index in [1.807, 2.05) is 0 Å². The highest BCUT2D eigenvalue weighted by Gasteiger charge is 2.17. The van der Waals surface area contributed by atoms with Crippen LogP contribution in [0.25, 0.3) is 0 Å². The average Bonchev–Trinajstić information content (AvgIpc) is 2.46. The first-order valence-electron chi connectivity index (χ1n) is 7.08. The number of ether oxygens (including phenoxy) is 2. The topological polar surface area (TPSA) is 52.6 Å². The SMILES string of the molecule is CC(=O)c1ccc(OCC(=O)OC2CCCCC2)cc1. The molecule has 0 aromatic heterocycles. The predicted octanol–water partition coefficient (Wildman–Crippen LogP) is 3.14. The van der Waals surface area contributed by atoms with Gasteiger partial charge in [-0.3, -0.25) is 4.79 Å². The standard InChI is InChI=1S/C16H20O4/c1-12(17)13-7-9-14(10-8-13)19-11-16(18)20-15-5-3-2-4-6-15/h7-10,15H,2-6,11H2,1H3. The van der Waals surface area contributed by atoms with Gasteiger partial charge in [0.15, 0.2) is 12.4 Å². The quantitative estimate of drug-likeness (QED) is 0.612. The first kappa shape index (κ1) is 14.6. The molecule has 0 atom stereocenters. The summed E-state index contributed by atoms with van der Waals surface area (Å²) in [6.45, 7) is 1.42. The third-order valence-corrected chi connectivity index (χ3v) is 3.47. The van der Waals surface area contributed by atoms with Gasteiger partial charge in [0.25, 0.3) is 0 Å². The highest BCUT2D eigenvalue weighted by molar-refractivity contribution is 5.94. The van der Waals surface area contributed by atoms with Crippen LogP contribution in [0, 0.1) is 0 Å². The van der Waals surface area contributed by atoms with Crippen LogP contribution in [0.4, 0.5) is 0 Å². The first-order valence-corrected chi connectivity index (χ1v) is 7.08. The Morgan fingerprint density at radius 3 is 2.35 bits per heavy atom. The van der Waals surface area contributed by atoms with Crippen LogP contribution in [0.15, 0.2) is 24.3 Å². The molecule has 4 heteroatoms. The maximum absolute atomic E-state index is 11.7. The summed E-state index contributed by atoms with van der Waals surface area (Å²) >= 11 is 0. The van der Waals surface area contributed by atoms with Crippen LogP contribution >= 0.6 is 0 Å². The van der Waals surface area contributed by atoms with E-state index in [0.717, 1.165) is 25.7 Å². The highest BCUT2D eigenvalue weighted by Crippen LogP contribution is 2.20. The predicted molar refractivity (Wildman–Crippen MR) is 74.9 cm³/mol. The minimum absolute atomic E-state index is 0.00765. The fourth-order valence-corrected chi connectivity index (χ4v) is 2.33. The number of rotatable bonds is 5. The zero-order valence-electron chi connectivity index (χ0n) is 11.8. The van der Waals surface area contributed by atoms with E-state index in [1.165, 1.54) is 13.3 Å². The van der Waals surface area contributed by atoms with Crippen molar-refractivity contribution in [2.45, 2.75) is 45.1 Å². The molecule has 0 bridgehead atoms. The Bertz CT molecular complexity index is 458. The zero-order valence-corrected chi connectivity index (χ0v) is 11.8. The lowest BCUT2D eigenvalue weighted by atomic mass is 9.98. The van der Waals surface area contributed by atoms with E-state index >= 15 is 0 Å². The molecule has 0 heterocycles. The van der Waals surface area contributed by atoms with Crippen LogP contribution in [0.1, 0.15) is 49.4 Å². The number of benzene rings is 1. The van der Waals surface area contributed by atoms with E-state index in [4.69, 9.17) is 9.47 Å². The Kier molecular flexibility index (Phi) is 5.16. The van der Waals surface area contributed by atoms with E-state index in [2.05, 4.69) is 0 Å². The van der Waals surface area contributed by atoms with Gasteiger partial charge in [-0.05, 0) is 56.9 Å². The third-order valence-electron chi connectivity index (χ3n) is 3.47. The molecule has 1 saturated carbocycles. The second-order valence-corrected chi connectivity index (χ2v) is 5.12. The molecule has 0 N–H and O–H groups in total. The van der Waals surface area contributed by atoms with Gasteiger partial charge in [-0.2, -0.15) is 0 Å². The fourth-order valence-electron chi connectivity index (χ4n) is 2.33. The van der Waals surface area contributed by atoms with E-state index < -0.39 is 0 Å². The summed E-state index contributed by atoms with van der Waals surface area (Å²) in [4.78, 5) is 22.8. The van der Waals surface area contributed by atoms with Crippen LogP contribution in [0.3, 0.4) is 0 Å². The zero-order chi connectivity index (χ0) is 14.4. The molecule has 2 rings (SSSR count). The molecule has 0 amide bonds. The molecule has 1 aliphatic carbocycles. The van der Waals surface area contributed by atoms with Gasteiger partial charge < -0.3 is 9.47 Å². The lowest BCUT2D eigenvalue weighted by Gasteiger charge is -2.21. The van der Waals surface area contributed by atoms with Crippen LogP contribution in [0.2, 0.25) is 0 Å². The lowest BCUT2D eigenvalue weighted by Crippen LogP contribution is -2.24. The van der Waals surface area contributed by atoms with Crippen molar-refractivity contribution < 1.29 is 19.1 Å². The van der Waals surface area contributed by atoms with Crippen molar-refractivity contribution in [3.63, 3.8) is 0 Å². The van der Waals surface area contributed by atoms with Gasteiger partial charge in [0.1, 0.15) is 11.9 Å². The molecule has 20 heavy (non-hydrogen) atoms. The molecular weight excluding hydrogens is 256 g/mol. The van der Waals surface area contributed by atoms with Crippen molar-refractivity contribution in [2.75, 3.05) is 6.61 Å². The second-order valence-electron chi connectivity index (χ2n) is 5.12. The Morgan fingerprint density at radius 1 is 1.10 bits per heavy atom. The van der Waals surface area contributed by atoms with Crippen molar-refractivity contribution in [3.05, 3.63) is 29.8 Å². The molecule has 0 radical (unpaired) electrons. The van der Waals surface area contributed by atoms with E-state index in [-0.39, 0.29) is 24.5 Å². The number of hydrogen-bond donors (Lipinski definition) is 0. The first-order chi connectivity index (χ1) is 9.65. The fraction of sp³-hybridized carbons (Fsp3) is 0.500. The average molecular weight is 276 g/mol. The summed E-state index contributed by atoms with van der Waals surface area (Å²) in [5.41, 5.74) is 0.627. The minimum atomic E-state index is -0.326. The Balaban J connectivity index is 1.76. The lowest BCUT2D eigenvalue weighted by molar-refractivity contribution is -0.152. The molecule has 0 saturated heterocycles. The van der Waals surface area contributed by atoms with E-state index in [9.17, 15) is 9.59 Å². The Hall–Kier alpha value is -1.84. The van der Waals surface area contributed by atoms with Crippen molar-refractivity contribution in [2.24, 2.45) is 0 Å². The van der Waals surface area contributed by atoms with E-state index in [1.54, 1.807) is 24.3 Å². The van der Waals surface area contributed by atoms with Crippen LogP contribution in [-0.2, 0) is 9.53 Å². The van der Waals surface area contributed by atoms with Crippen molar-refractivity contribution in [3.8, 4) is 5.75 Å². The molecule has 1 aliphatic rings. The summed E-state index contributed by atoms with van der Waals surface area (Å²) in [6.07, 6.45) is 5.46. The summed E-state index contributed by atoms with van der Waals surface area (Å²) in [5, 5.41) is 0. The van der Waals surface area contributed by atoms with Gasteiger partial charge >= 0.3 is 5.97 Å². The highest BCUT2D eigenvalue weighted by atomic mass is 16.6. The number of carbonyl (C=O) groups excluding carboxylic acids is 2. The third kappa shape index (κ3) is 4.37. The van der Waals surface area contributed by atoms with Crippen LogP contribution in [-0.4, -0.2) is 24.5 Å². The van der Waals surface area contributed by atoms with Crippen LogP contribution in [0.5, 0.6) is 5.75 Å². The molecular formula is C16H20O4. The number of ketones is 1. The number of esters is 1. The molecule has 0 unspecified atom stereocenters. The monoisotopic (exact) mass is 276 g/mol.